The molecular formula is C25H27FN4O3. The van der Waals surface area contributed by atoms with Crippen LogP contribution in [0.3, 0.4) is 0 Å². The van der Waals surface area contributed by atoms with Crippen LogP contribution in [0.5, 0.6) is 5.75 Å². The Morgan fingerprint density at radius 2 is 1.97 bits per heavy atom. The van der Waals surface area contributed by atoms with Crippen molar-refractivity contribution < 1.29 is 13.9 Å². The summed E-state index contributed by atoms with van der Waals surface area (Å²) in [5.41, 5.74) is 0.144. The average Bonchev–Trinajstić information content (AvgIpc) is 2.85. The van der Waals surface area contributed by atoms with Crippen LogP contribution < -0.4 is 15.2 Å². The van der Waals surface area contributed by atoms with Crippen molar-refractivity contribution in [1.82, 2.24) is 14.5 Å². The molecule has 0 atom stereocenters. The highest BCUT2D eigenvalue weighted by Gasteiger charge is 2.35. The number of rotatable bonds is 3. The molecule has 2 aromatic heterocycles. The molecule has 33 heavy (non-hydrogen) atoms. The fourth-order valence-electron chi connectivity index (χ4n) is 4.61. The van der Waals surface area contributed by atoms with E-state index in [1.165, 1.54) is 0 Å². The van der Waals surface area contributed by atoms with Gasteiger partial charge in [0.2, 0.25) is 0 Å². The number of alkyl halides is 1. The van der Waals surface area contributed by atoms with Gasteiger partial charge < -0.3 is 19.1 Å². The Kier molecular flexibility index (Phi) is 5.31. The third kappa shape index (κ3) is 3.83. The number of ether oxygens (including phenoxy) is 1. The topological polar surface area (TPSA) is 67.7 Å². The number of carbonyl (C=O) groups excluding carboxylic acids is 1. The van der Waals surface area contributed by atoms with Crippen LogP contribution in [-0.4, -0.2) is 52.3 Å². The van der Waals surface area contributed by atoms with Crippen LogP contribution in [0.2, 0.25) is 0 Å². The lowest BCUT2D eigenvalue weighted by Gasteiger charge is -2.36. The summed E-state index contributed by atoms with van der Waals surface area (Å²) in [7, 11) is 1.73. The van der Waals surface area contributed by atoms with Gasteiger partial charge in [0.15, 0.2) is 11.6 Å². The molecule has 7 nitrogen and oxygen atoms in total. The van der Waals surface area contributed by atoms with Crippen molar-refractivity contribution in [3.63, 3.8) is 0 Å². The molecule has 5 rings (SSSR count). The molecule has 0 aliphatic carbocycles. The second kappa shape index (κ2) is 8.17. The lowest BCUT2D eigenvalue weighted by atomic mass is 9.90. The van der Waals surface area contributed by atoms with E-state index in [9.17, 15) is 14.0 Å². The van der Waals surface area contributed by atoms with Crippen LogP contribution in [0.25, 0.3) is 10.8 Å². The number of amides is 1. The molecule has 1 aromatic carbocycles. The van der Waals surface area contributed by atoms with E-state index in [0.29, 0.717) is 68.0 Å². The van der Waals surface area contributed by atoms with E-state index >= 15 is 0 Å². The number of hydrogen-bond donors (Lipinski definition) is 0. The minimum absolute atomic E-state index is 0.0376. The second-order valence-corrected chi connectivity index (χ2v) is 8.85. The van der Waals surface area contributed by atoms with Gasteiger partial charge in [-0.05, 0) is 55.0 Å². The van der Waals surface area contributed by atoms with E-state index in [1.54, 1.807) is 35.0 Å². The first kappa shape index (κ1) is 21.4. The molecule has 0 saturated carbocycles. The van der Waals surface area contributed by atoms with Gasteiger partial charge in [0.05, 0.1) is 12.1 Å². The van der Waals surface area contributed by atoms with Gasteiger partial charge in [-0.25, -0.2) is 9.37 Å². The van der Waals surface area contributed by atoms with Gasteiger partial charge in [0.25, 0.3) is 11.5 Å². The number of anilines is 2. The Balaban J connectivity index is 1.41. The predicted molar refractivity (Wildman–Crippen MR) is 125 cm³/mol. The number of pyridine rings is 2. The van der Waals surface area contributed by atoms with Crippen LogP contribution >= 0.6 is 0 Å². The van der Waals surface area contributed by atoms with Crippen LogP contribution in [0.15, 0.2) is 47.5 Å². The molecule has 2 aliphatic rings. The van der Waals surface area contributed by atoms with Gasteiger partial charge in [-0.1, -0.05) is 6.92 Å². The zero-order chi connectivity index (χ0) is 23.2. The molecule has 1 fully saturated rings. The van der Waals surface area contributed by atoms with E-state index in [1.807, 2.05) is 36.1 Å². The van der Waals surface area contributed by atoms with E-state index < -0.39 is 5.67 Å². The molecule has 172 valence electrons. The number of nitrogens with zero attached hydrogens (tertiary/aromatic N) is 4. The van der Waals surface area contributed by atoms with Gasteiger partial charge in [-0.15, -0.1) is 0 Å². The maximum absolute atomic E-state index is 14.5. The van der Waals surface area contributed by atoms with Gasteiger partial charge in [0.1, 0.15) is 12.3 Å². The van der Waals surface area contributed by atoms with E-state index in [-0.39, 0.29) is 11.5 Å². The summed E-state index contributed by atoms with van der Waals surface area (Å²) in [5, 5.41) is 1.52. The first-order valence-electron chi connectivity index (χ1n) is 11.4. The number of likely N-dealkylation sites (tertiary alicyclic amines) is 1. The minimum Gasteiger partial charge on any atom is -0.488 e. The van der Waals surface area contributed by atoms with Crippen molar-refractivity contribution in [3.8, 4) is 5.75 Å². The van der Waals surface area contributed by atoms with Crippen LogP contribution in [-0.2, 0) is 7.05 Å². The minimum atomic E-state index is -1.17. The Morgan fingerprint density at radius 3 is 2.73 bits per heavy atom. The largest absolute Gasteiger partial charge is 0.488 e. The highest BCUT2D eigenvalue weighted by molar-refractivity contribution is 5.95. The van der Waals surface area contributed by atoms with Crippen molar-refractivity contribution in [1.29, 1.82) is 0 Å². The quantitative estimate of drug-likeness (QED) is 0.607. The standard InChI is InChI=1S/C25H27FN4O3/c1-3-25(26)7-10-29(11-8-25)23(31)18-15-21-22(27-16-18)30(12-13-33-21)19-4-5-20-17(14-19)6-9-28(2)24(20)32/h4-6,9,14-16H,3,7-8,10-13H2,1-2H3. The molecule has 2 aliphatic heterocycles. The van der Waals surface area contributed by atoms with Crippen molar-refractivity contribution in [2.24, 2.45) is 7.05 Å². The third-order valence-corrected chi connectivity index (χ3v) is 6.86. The monoisotopic (exact) mass is 450 g/mol. The van der Waals surface area contributed by atoms with Crippen molar-refractivity contribution >= 4 is 28.2 Å². The zero-order valence-electron chi connectivity index (χ0n) is 18.9. The van der Waals surface area contributed by atoms with Crippen LogP contribution in [0.4, 0.5) is 15.9 Å². The summed E-state index contributed by atoms with van der Waals surface area (Å²) in [6.45, 7) is 3.72. The Bertz CT molecular complexity index is 1280. The predicted octanol–water partition coefficient (Wildman–Crippen LogP) is 3.82. The van der Waals surface area contributed by atoms with E-state index in [0.717, 1.165) is 11.1 Å². The van der Waals surface area contributed by atoms with Crippen molar-refractivity contribution in [3.05, 3.63) is 58.6 Å². The summed E-state index contributed by atoms with van der Waals surface area (Å²) in [4.78, 5) is 33.7. The van der Waals surface area contributed by atoms with E-state index in [4.69, 9.17) is 4.74 Å². The molecule has 4 heterocycles. The molecule has 0 spiro atoms. The Labute approximate surface area is 191 Å². The fraction of sp³-hybridized carbons (Fsp3) is 0.400. The summed E-state index contributed by atoms with van der Waals surface area (Å²) >= 11 is 0. The highest BCUT2D eigenvalue weighted by Crippen LogP contribution is 2.37. The number of benzene rings is 1. The molecule has 8 heteroatoms. The molecule has 1 amide bonds. The van der Waals surface area contributed by atoms with Gasteiger partial charge >= 0.3 is 0 Å². The molecule has 0 radical (unpaired) electrons. The summed E-state index contributed by atoms with van der Waals surface area (Å²) in [6.07, 6.45) is 4.52. The average molecular weight is 451 g/mol. The summed E-state index contributed by atoms with van der Waals surface area (Å²) < 4.78 is 21.9. The summed E-state index contributed by atoms with van der Waals surface area (Å²) in [5.74, 6) is 1.03. The number of aromatic nitrogens is 2. The number of aryl methyl sites for hydroxylation is 1. The normalized spacial score (nSPS) is 17.5. The number of piperidine rings is 1. The first-order chi connectivity index (χ1) is 15.9. The van der Waals surface area contributed by atoms with Crippen molar-refractivity contribution in [2.75, 3.05) is 31.1 Å². The van der Waals surface area contributed by atoms with Crippen molar-refractivity contribution in [2.45, 2.75) is 31.9 Å². The molecule has 3 aromatic rings. The first-order valence-corrected chi connectivity index (χ1v) is 11.4. The van der Waals surface area contributed by atoms with E-state index in [2.05, 4.69) is 4.98 Å². The second-order valence-electron chi connectivity index (χ2n) is 8.85. The lowest BCUT2D eigenvalue weighted by molar-refractivity contribution is 0.0419. The van der Waals surface area contributed by atoms with Gasteiger partial charge in [0, 0.05) is 43.6 Å². The molecule has 0 bridgehead atoms. The van der Waals surface area contributed by atoms with Crippen LogP contribution in [0.1, 0.15) is 36.5 Å². The van der Waals surface area contributed by atoms with Crippen LogP contribution in [0, 0.1) is 0 Å². The molecular weight excluding hydrogens is 423 g/mol. The summed E-state index contributed by atoms with van der Waals surface area (Å²) in [6, 6.07) is 9.35. The Morgan fingerprint density at radius 1 is 1.18 bits per heavy atom. The van der Waals surface area contributed by atoms with Gasteiger partial charge in [-0.3, -0.25) is 9.59 Å². The maximum Gasteiger partial charge on any atom is 0.258 e. The van der Waals surface area contributed by atoms with Gasteiger partial charge in [-0.2, -0.15) is 0 Å². The number of fused-ring (bicyclic) bond motifs is 2. The zero-order valence-corrected chi connectivity index (χ0v) is 18.9. The maximum atomic E-state index is 14.5. The number of hydrogen-bond acceptors (Lipinski definition) is 5. The Hall–Kier alpha value is -3.42. The number of carbonyl (C=O) groups is 1. The smallest absolute Gasteiger partial charge is 0.258 e. The fourth-order valence-corrected chi connectivity index (χ4v) is 4.61. The molecule has 1 saturated heterocycles. The molecule has 0 unspecified atom stereocenters. The third-order valence-electron chi connectivity index (χ3n) is 6.86. The number of halogens is 1. The SMILES string of the molecule is CCC1(F)CCN(C(=O)c2cnc3c(c2)OCCN3c2ccc3c(=O)n(C)ccc3c2)CC1. The lowest BCUT2D eigenvalue weighted by Crippen LogP contribution is -2.44. The highest BCUT2D eigenvalue weighted by atomic mass is 19.1. The molecule has 0 N–H and O–H groups in total.